The Morgan fingerprint density at radius 3 is 2.75 bits per heavy atom. The summed E-state index contributed by atoms with van der Waals surface area (Å²) in [5, 5.41) is 5.57. The lowest BCUT2D eigenvalue weighted by molar-refractivity contribution is -0.121. The van der Waals surface area contributed by atoms with Crippen molar-refractivity contribution in [1.29, 1.82) is 0 Å². The Balaban J connectivity index is 1.40. The van der Waals surface area contributed by atoms with Crippen LogP contribution in [0, 0.1) is 5.82 Å². The fourth-order valence-corrected chi connectivity index (χ4v) is 3.97. The van der Waals surface area contributed by atoms with E-state index in [9.17, 15) is 9.18 Å². The van der Waals surface area contributed by atoms with Crippen LogP contribution >= 0.6 is 22.9 Å². The molecule has 0 fully saturated rings. The first-order valence-electron chi connectivity index (χ1n) is 8.81. The number of aromatic nitrogens is 2. The van der Waals surface area contributed by atoms with E-state index in [4.69, 9.17) is 11.6 Å². The zero-order valence-electron chi connectivity index (χ0n) is 14.9. The van der Waals surface area contributed by atoms with Gasteiger partial charge in [-0.2, -0.15) is 0 Å². The van der Waals surface area contributed by atoms with E-state index < -0.39 is 0 Å². The number of nitrogens with one attached hydrogen (secondary N) is 1. The number of halogens is 2. The number of carbonyl (C=O) groups excluding carboxylic acids is 1. The molecule has 142 valence electrons. The van der Waals surface area contributed by atoms with Crippen LogP contribution in [0.2, 0.25) is 5.02 Å². The van der Waals surface area contributed by atoms with Gasteiger partial charge in [-0.3, -0.25) is 9.20 Å². The molecule has 4 nitrogen and oxygen atoms in total. The van der Waals surface area contributed by atoms with Crippen molar-refractivity contribution in [3.63, 3.8) is 0 Å². The monoisotopic (exact) mass is 413 g/mol. The van der Waals surface area contributed by atoms with Crippen LogP contribution in [0.3, 0.4) is 0 Å². The second-order valence-electron chi connectivity index (χ2n) is 6.39. The molecule has 0 saturated heterocycles. The van der Waals surface area contributed by atoms with E-state index in [-0.39, 0.29) is 11.7 Å². The first-order valence-corrected chi connectivity index (χ1v) is 10.1. The molecule has 2 aromatic carbocycles. The topological polar surface area (TPSA) is 46.4 Å². The normalized spacial score (nSPS) is 11.1. The van der Waals surface area contributed by atoms with Crippen molar-refractivity contribution in [2.24, 2.45) is 0 Å². The van der Waals surface area contributed by atoms with Crippen molar-refractivity contribution < 1.29 is 9.18 Å². The first kappa shape index (κ1) is 18.7. The van der Waals surface area contributed by atoms with Gasteiger partial charge in [0, 0.05) is 40.8 Å². The molecular weight excluding hydrogens is 397 g/mol. The number of hydrogen-bond acceptors (Lipinski definition) is 3. The molecule has 0 saturated carbocycles. The summed E-state index contributed by atoms with van der Waals surface area (Å²) in [6.45, 7) is 0.470. The Labute approximate surface area is 170 Å². The summed E-state index contributed by atoms with van der Waals surface area (Å²) in [5.74, 6) is -0.319. The van der Waals surface area contributed by atoms with Crippen molar-refractivity contribution in [2.45, 2.75) is 19.4 Å². The zero-order chi connectivity index (χ0) is 19.5. The quantitative estimate of drug-likeness (QED) is 0.477. The maximum atomic E-state index is 14.0. The van der Waals surface area contributed by atoms with Gasteiger partial charge in [0.1, 0.15) is 5.82 Å². The molecule has 4 rings (SSSR count). The average molecular weight is 414 g/mol. The van der Waals surface area contributed by atoms with Crippen LogP contribution in [0.4, 0.5) is 4.39 Å². The highest BCUT2D eigenvalue weighted by atomic mass is 35.5. The molecule has 2 aromatic heterocycles. The zero-order valence-corrected chi connectivity index (χ0v) is 16.4. The highest BCUT2D eigenvalue weighted by Crippen LogP contribution is 2.26. The highest BCUT2D eigenvalue weighted by molar-refractivity contribution is 7.15. The number of imidazole rings is 1. The first-order chi connectivity index (χ1) is 13.6. The fourth-order valence-electron chi connectivity index (χ4n) is 2.94. The molecule has 0 aliphatic rings. The fraction of sp³-hybridized carbons (Fsp3) is 0.143. The van der Waals surface area contributed by atoms with E-state index in [1.54, 1.807) is 30.3 Å². The predicted molar refractivity (Wildman–Crippen MR) is 110 cm³/mol. The summed E-state index contributed by atoms with van der Waals surface area (Å²) in [4.78, 5) is 17.5. The van der Waals surface area contributed by atoms with Gasteiger partial charge in [-0.15, -0.1) is 11.3 Å². The Bertz CT molecular complexity index is 1120. The van der Waals surface area contributed by atoms with Crippen molar-refractivity contribution >= 4 is 33.8 Å². The van der Waals surface area contributed by atoms with Crippen LogP contribution in [0.5, 0.6) is 0 Å². The van der Waals surface area contributed by atoms with Crippen LogP contribution in [0.15, 0.2) is 60.1 Å². The molecule has 0 unspecified atom stereocenters. The minimum Gasteiger partial charge on any atom is -0.352 e. The molecule has 0 aliphatic heterocycles. The molecule has 4 aromatic rings. The van der Waals surface area contributed by atoms with Crippen LogP contribution in [-0.4, -0.2) is 15.3 Å². The number of hydrogen-bond donors (Lipinski definition) is 1. The summed E-state index contributed by atoms with van der Waals surface area (Å²) in [5.41, 5.74) is 3.06. The molecule has 0 bridgehead atoms. The van der Waals surface area contributed by atoms with Gasteiger partial charge in [0.2, 0.25) is 5.91 Å². The molecule has 2 heterocycles. The highest BCUT2D eigenvalue weighted by Gasteiger charge is 2.13. The Hall–Kier alpha value is -2.70. The second kappa shape index (κ2) is 8.12. The molecule has 1 amide bonds. The molecule has 0 atom stereocenters. The van der Waals surface area contributed by atoms with Crippen LogP contribution < -0.4 is 5.32 Å². The minimum atomic E-state index is -0.295. The lowest BCUT2D eigenvalue weighted by Crippen LogP contribution is -2.23. The van der Waals surface area contributed by atoms with Crippen LogP contribution in [-0.2, 0) is 17.8 Å². The number of nitrogens with zero attached hydrogens (tertiary/aromatic N) is 2. The molecule has 0 radical (unpaired) electrons. The van der Waals surface area contributed by atoms with Gasteiger partial charge >= 0.3 is 0 Å². The van der Waals surface area contributed by atoms with E-state index in [2.05, 4.69) is 10.3 Å². The number of carbonyl (C=O) groups is 1. The number of amides is 1. The molecular formula is C21H17ClFN3OS. The number of aryl methyl sites for hydroxylation is 1. The van der Waals surface area contributed by atoms with Crippen molar-refractivity contribution in [3.8, 4) is 11.3 Å². The summed E-state index contributed by atoms with van der Waals surface area (Å²) >= 11 is 7.35. The van der Waals surface area contributed by atoms with Gasteiger partial charge in [-0.1, -0.05) is 35.9 Å². The van der Waals surface area contributed by atoms with Gasteiger partial charge in [-0.05, 0) is 36.2 Å². The Kier molecular flexibility index (Phi) is 5.41. The van der Waals surface area contributed by atoms with Gasteiger partial charge in [0.05, 0.1) is 5.69 Å². The summed E-state index contributed by atoms with van der Waals surface area (Å²) in [6.07, 6.45) is 2.78. The number of thiazole rings is 1. The van der Waals surface area contributed by atoms with Gasteiger partial charge in [-0.25, -0.2) is 9.37 Å². The Morgan fingerprint density at radius 2 is 1.96 bits per heavy atom. The van der Waals surface area contributed by atoms with Crippen molar-refractivity contribution in [2.75, 3.05) is 0 Å². The van der Waals surface area contributed by atoms with Crippen LogP contribution in [0.25, 0.3) is 16.2 Å². The molecule has 1 N–H and O–H groups in total. The number of rotatable bonds is 6. The van der Waals surface area contributed by atoms with Gasteiger partial charge < -0.3 is 5.32 Å². The van der Waals surface area contributed by atoms with Crippen molar-refractivity contribution in [3.05, 3.63) is 82.2 Å². The van der Waals surface area contributed by atoms with E-state index in [0.717, 1.165) is 16.2 Å². The third-order valence-electron chi connectivity index (χ3n) is 4.44. The Morgan fingerprint density at radius 1 is 1.18 bits per heavy atom. The van der Waals surface area contributed by atoms with E-state index >= 15 is 0 Å². The summed E-state index contributed by atoms with van der Waals surface area (Å²) in [6, 6.07) is 14.0. The minimum absolute atomic E-state index is 0.0243. The third kappa shape index (κ3) is 4.08. The lowest BCUT2D eigenvalue weighted by atomic mass is 10.1. The standard InChI is InChI=1S/C21H17ClFN3OS/c22-15-7-5-14(6-8-15)11-24-20(27)10-9-16-13-28-21-25-19(12-26(16)21)17-3-1-2-4-18(17)23/h1-8,12-13H,9-11H2,(H,24,27). The van der Waals surface area contributed by atoms with E-state index in [1.807, 2.05) is 28.1 Å². The number of fused-ring (bicyclic) bond motifs is 1. The third-order valence-corrected chi connectivity index (χ3v) is 5.59. The van der Waals surface area contributed by atoms with E-state index in [1.165, 1.54) is 17.4 Å². The van der Waals surface area contributed by atoms with E-state index in [0.29, 0.717) is 35.7 Å². The second-order valence-corrected chi connectivity index (χ2v) is 7.66. The van der Waals surface area contributed by atoms with Crippen LogP contribution in [0.1, 0.15) is 17.7 Å². The maximum absolute atomic E-state index is 14.0. The molecule has 28 heavy (non-hydrogen) atoms. The van der Waals surface area contributed by atoms with Gasteiger partial charge in [0.15, 0.2) is 4.96 Å². The average Bonchev–Trinajstić information content (AvgIpc) is 3.27. The van der Waals surface area contributed by atoms with Gasteiger partial charge in [0.25, 0.3) is 0 Å². The van der Waals surface area contributed by atoms with Crippen molar-refractivity contribution in [1.82, 2.24) is 14.7 Å². The molecule has 0 aliphatic carbocycles. The molecule has 0 spiro atoms. The largest absolute Gasteiger partial charge is 0.352 e. The molecule has 7 heteroatoms. The lowest BCUT2D eigenvalue weighted by Gasteiger charge is -2.05. The smallest absolute Gasteiger partial charge is 0.220 e. The number of benzene rings is 2. The summed E-state index contributed by atoms with van der Waals surface area (Å²) in [7, 11) is 0. The SMILES string of the molecule is O=C(CCc1csc2nc(-c3ccccc3F)cn12)NCc1ccc(Cl)cc1. The summed E-state index contributed by atoms with van der Waals surface area (Å²) < 4.78 is 15.9. The predicted octanol–water partition coefficient (Wildman–Crippen LogP) is 5.10. The maximum Gasteiger partial charge on any atom is 0.220 e.